The first-order valence-electron chi connectivity index (χ1n) is 11.1. The van der Waals surface area contributed by atoms with E-state index in [0.29, 0.717) is 37.2 Å². The first-order valence-corrected chi connectivity index (χ1v) is 11.5. The van der Waals surface area contributed by atoms with Gasteiger partial charge >= 0.3 is 0 Å². The number of hydrogen-bond acceptors (Lipinski definition) is 6. The van der Waals surface area contributed by atoms with Gasteiger partial charge in [-0.25, -0.2) is 9.37 Å². The summed E-state index contributed by atoms with van der Waals surface area (Å²) in [5, 5.41) is 15.2. The van der Waals surface area contributed by atoms with Gasteiger partial charge in [-0.1, -0.05) is 17.7 Å². The van der Waals surface area contributed by atoms with Crippen LogP contribution in [0.3, 0.4) is 0 Å². The number of amides is 2. The van der Waals surface area contributed by atoms with E-state index in [1.807, 2.05) is 26.8 Å². The van der Waals surface area contributed by atoms with E-state index in [1.54, 1.807) is 19.1 Å². The summed E-state index contributed by atoms with van der Waals surface area (Å²) >= 11 is 6.32. The van der Waals surface area contributed by atoms with Gasteiger partial charge in [-0.05, 0) is 63.4 Å². The van der Waals surface area contributed by atoms with Crippen LogP contribution in [-0.4, -0.2) is 59.9 Å². The Bertz CT molecular complexity index is 1120. The molecule has 188 valence electrons. The second-order valence-corrected chi connectivity index (χ2v) is 8.24. The lowest BCUT2D eigenvalue weighted by Crippen LogP contribution is -2.38. The third-order valence-electron chi connectivity index (χ3n) is 5.35. The number of hydrogen-bond donors (Lipinski definition) is 1. The normalized spacial score (nSPS) is 13.0. The number of fused-ring (bicyclic) bond motifs is 1. The number of benzene rings is 1. The summed E-state index contributed by atoms with van der Waals surface area (Å²) in [7, 11) is 1.51. The standard InChI is InChI=1S/C22H25ClFN5O3.C3H6/c1-5-28(12-31)19(11-30)26-27(4)18-9-15-6-7-29(22(32)16(15)10-17(18)24)20-13(2)8-14(3)25-21(20)23;1-3-2/h8-10,12,30H,5-7,11H2,1-4H3;3H,1H2,2H3/b26-19-;. The monoisotopic (exact) mass is 503 g/mol. The number of likely N-dealkylation sites (N-methyl/N-ethyl adjacent to an activating group) is 1. The van der Waals surface area contributed by atoms with Gasteiger partial charge in [-0.3, -0.25) is 19.5 Å². The number of rotatable bonds is 6. The van der Waals surface area contributed by atoms with Crippen LogP contribution in [0.5, 0.6) is 0 Å². The Labute approximate surface area is 210 Å². The maximum Gasteiger partial charge on any atom is 0.258 e. The predicted octanol–water partition coefficient (Wildman–Crippen LogP) is 4.11. The average molecular weight is 504 g/mol. The minimum atomic E-state index is -0.651. The number of carbonyl (C=O) groups is 2. The first-order chi connectivity index (χ1) is 16.6. The third-order valence-corrected chi connectivity index (χ3v) is 5.61. The summed E-state index contributed by atoms with van der Waals surface area (Å²) in [6.07, 6.45) is 2.78. The van der Waals surface area contributed by atoms with Gasteiger partial charge in [0.1, 0.15) is 12.4 Å². The van der Waals surface area contributed by atoms with Crippen LogP contribution in [0, 0.1) is 19.7 Å². The minimum absolute atomic E-state index is 0.0846. The summed E-state index contributed by atoms with van der Waals surface area (Å²) in [5.41, 5.74) is 3.14. The highest BCUT2D eigenvalue weighted by molar-refractivity contribution is 6.33. The molecule has 35 heavy (non-hydrogen) atoms. The number of halogens is 2. The Morgan fingerprint density at radius 2 is 2.03 bits per heavy atom. The smallest absolute Gasteiger partial charge is 0.258 e. The van der Waals surface area contributed by atoms with Crippen LogP contribution >= 0.6 is 11.6 Å². The fraction of sp³-hybridized carbons (Fsp3) is 0.360. The molecule has 0 atom stereocenters. The van der Waals surface area contributed by atoms with Gasteiger partial charge in [0, 0.05) is 31.4 Å². The maximum atomic E-state index is 15.0. The molecule has 0 saturated carbocycles. The summed E-state index contributed by atoms with van der Waals surface area (Å²) in [6.45, 7) is 10.8. The minimum Gasteiger partial charge on any atom is -0.388 e. The van der Waals surface area contributed by atoms with Crippen LogP contribution in [0.1, 0.15) is 41.0 Å². The van der Waals surface area contributed by atoms with Crippen molar-refractivity contribution in [3.05, 3.63) is 64.2 Å². The Hall–Kier alpha value is -3.30. The molecular formula is C25H31ClFN5O3. The van der Waals surface area contributed by atoms with E-state index in [1.165, 1.54) is 27.9 Å². The van der Waals surface area contributed by atoms with Gasteiger partial charge in [0.2, 0.25) is 6.41 Å². The number of amidine groups is 1. The lowest BCUT2D eigenvalue weighted by molar-refractivity contribution is -0.114. The number of nitrogens with zero attached hydrogens (tertiary/aromatic N) is 5. The summed E-state index contributed by atoms with van der Waals surface area (Å²) in [6, 6.07) is 4.60. The van der Waals surface area contributed by atoms with Gasteiger partial charge in [-0.2, -0.15) is 5.10 Å². The highest BCUT2D eigenvalue weighted by atomic mass is 35.5. The molecule has 0 radical (unpaired) electrons. The molecule has 1 aliphatic rings. The van der Waals surface area contributed by atoms with E-state index < -0.39 is 12.4 Å². The van der Waals surface area contributed by atoms with Gasteiger partial charge in [0.05, 0.1) is 11.4 Å². The molecule has 1 aromatic heterocycles. The number of carbonyl (C=O) groups excluding carboxylic acids is 2. The zero-order valence-electron chi connectivity index (χ0n) is 20.7. The molecule has 1 aromatic carbocycles. The van der Waals surface area contributed by atoms with Crippen molar-refractivity contribution in [2.45, 2.75) is 34.1 Å². The Balaban J connectivity index is 0.00000137. The van der Waals surface area contributed by atoms with E-state index in [2.05, 4.69) is 16.7 Å². The average Bonchev–Trinajstić information content (AvgIpc) is 2.80. The predicted molar refractivity (Wildman–Crippen MR) is 138 cm³/mol. The molecule has 3 rings (SSSR count). The van der Waals surface area contributed by atoms with Gasteiger partial charge in [0.25, 0.3) is 5.91 Å². The van der Waals surface area contributed by atoms with E-state index in [4.69, 9.17) is 11.6 Å². The molecule has 1 aliphatic heterocycles. The molecule has 0 saturated heterocycles. The number of aryl methyl sites for hydroxylation is 2. The highest BCUT2D eigenvalue weighted by Gasteiger charge is 2.30. The van der Waals surface area contributed by atoms with Crippen LogP contribution in [-0.2, 0) is 11.2 Å². The molecule has 0 aliphatic carbocycles. The van der Waals surface area contributed by atoms with Crippen LogP contribution in [0.2, 0.25) is 5.15 Å². The Kier molecular flexibility index (Phi) is 9.91. The zero-order valence-corrected chi connectivity index (χ0v) is 21.4. The lowest BCUT2D eigenvalue weighted by atomic mass is 9.97. The molecule has 8 nitrogen and oxygen atoms in total. The number of pyridine rings is 1. The Morgan fingerprint density at radius 1 is 1.37 bits per heavy atom. The van der Waals surface area contributed by atoms with E-state index >= 15 is 0 Å². The van der Waals surface area contributed by atoms with Crippen molar-refractivity contribution in [3.8, 4) is 0 Å². The number of anilines is 2. The van der Waals surface area contributed by atoms with Crippen molar-refractivity contribution in [1.82, 2.24) is 9.88 Å². The van der Waals surface area contributed by atoms with Gasteiger partial charge in [-0.15, -0.1) is 6.58 Å². The fourth-order valence-electron chi connectivity index (χ4n) is 3.79. The molecule has 0 fully saturated rings. The quantitative estimate of drug-likeness (QED) is 0.160. The van der Waals surface area contributed by atoms with Crippen LogP contribution < -0.4 is 9.91 Å². The lowest BCUT2D eigenvalue weighted by Gasteiger charge is -2.31. The van der Waals surface area contributed by atoms with Crippen molar-refractivity contribution >= 4 is 41.1 Å². The Morgan fingerprint density at radius 3 is 2.57 bits per heavy atom. The second kappa shape index (κ2) is 12.4. The van der Waals surface area contributed by atoms with Crippen molar-refractivity contribution < 1.29 is 19.1 Å². The zero-order chi connectivity index (χ0) is 26.3. The van der Waals surface area contributed by atoms with E-state index in [-0.39, 0.29) is 28.1 Å². The maximum absolute atomic E-state index is 15.0. The van der Waals surface area contributed by atoms with Gasteiger partial charge in [0.15, 0.2) is 11.0 Å². The molecule has 0 bridgehead atoms. The van der Waals surface area contributed by atoms with Crippen LogP contribution in [0.15, 0.2) is 36.0 Å². The number of aliphatic hydroxyl groups is 1. The molecule has 2 aromatic rings. The summed E-state index contributed by atoms with van der Waals surface area (Å²) in [4.78, 5) is 31.3. The molecule has 2 heterocycles. The number of allylic oxidation sites excluding steroid dienone is 1. The van der Waals surface area contributed by atoms with Crippen molar-refractivity contribution in [1.29, 1.82) is 0 Å². The second-order valence-electron chi connectivity index (χ2n) is 7.89. The topological polar surface area (TPSA) is 89.3 Å². The van der Waals surface area contributed by atoms with Crippen molar-refractivity contribution in [2.24, 2.45) is 5.10 Å². The SMILES string of the molecule is C=CC.CCN(C=O)/C(CO)=N\N(C)c1cc2c(cc1F)C(=O)N(c1c(C)cc(C)nc1Cl)CC2. The van der Waals surface area contributed by atoms with E-state index in [0.717, 1.165) is 11.3 Å². The van der Waals surface area contributed by atoms with Crippen molar-refractivity contribution in [3.63, 3.8) is 0 Å². The molecule has 2 amide bonds. The van der Waals surface area contributed by atoms with Crippen LogP contribution in [0.4, 0.5) is 15.8 Å². The number of aromatic nitrogens is 1. The summed E-state index contributed by atoms with van der Waals surface area (Å²) in [5.74, 6) is -0.921. The van der Waals surface area contributed by atoms with E-state index in [9.17, 15) is 19.1 Å². The third kappa shape index (κ3) is 6.23. The molecular weight excluding hydrogens is 473 g/mol. The molecule has 1 N–H and O–H groups in total. The first kappa shape index (κ1) is 27.9. The van der Waals surface area contributed by atoms with Crippen molar-refractivity contribution in [2.75, 3.05) is 36.7 Å². The van der Waals surface area contributed by atoms with Gasteiger partial charge < -0.3 is 10.0 Å². The summed E-state index contributed by atoms with van der Waals surface area (Å²) < 4.78 is 15.0. The highest BCUT2D eigenvalue weighted by Crippen LogP contribution is 2.34. The molecule has 0 spiro atoms. The molecule has 10 heteroatoms. The number of hydrazone groups is 1. The van der Waals surface area contributed by atoms with Crippen LogP contribution in [0.25, 0.3) is 0 Å². The molecule has 0 unspecified atom stereocenters. The fourth-order valence-corrected chi connectivity index (χ4v) is 4.17. The number of aliphatic hydroxyl groups excluding tert-OH is 1. The largest absolute Gasteiger partial charge is 0.388 e.